The van der Waals surface area contributed by atoms with E-state index in [-0.39, 0.29) is 6.04 Å². The highest BCUT2D eigenvalue weighted by Crippen LogP contribution is 2.51. The van der Waals surface area contributed by atoms with Crippen LogP contribution in [0.1, 0.15) is 35.4 Å². The molecule has 0 saturated carbocycles. The van der Waals surface area contributed by atoms with Gasteiger partial charge in [0.05, 0.1) is 31.0 Å². The van der Waals surface area contributed by atoms with Crippen LogP contribution in [0.5, 0.6) is 17.2 Å². The summed E-state index contributed by atoms with van der Waals surface area (Å²) in [4.78, 5) is 0. The van der Waals surface area contributed by atoms with Crippen LogP contribution in [0, 0.1) is 0 Å². The molecule has 0 amide bonds. The van der Waals surface area contributed by atoms with Crippen molar-refractivity contribution in [2.24, 2.45) is 5.10 Å². The molecular weight excluding hydrogens is 483 g/mol. The lowest BCUT2D eigenvalue weighted by Crippen LogP contribution is -2.33. The number of hydrogen-bond donors (Lipinski definition) is 0. The summed E-state index contributed by atoms with van der Waals surface area (Å²) in [5.74, 6) is 1.90. The van der Waals surface area contributed by atoms with Gasteiger partial charge in [-0.15, -0.1) is 0 Å². The van der Waals surface area contributed by atoms with Gasteiger partial charge in [0.25, 0.3) is 0 Å². The highest BCUT2D eigenvalue weighted by molar-refractivity contribution is 6.35. The van der Waals surface area contributed by atoms with Crippen LogP contribution in [0.25, 0.3) is 10.8 Å². The van der Waals surface area contributed by atoms with Gasteiger partial charge in [0.15, 0.2) is 11.5 Å². The minimum atomic E-state index is -0.496. The summed E-state index contributed by atoms with van der Waals surface area (Å²) in [7, 11) is 3.23. The van der Waals surface area contributed by atoms with E-state index in [2.05, 4.69) is 30.3 Å². The average molecular weight is 505 g/mol. The quantitative estimate of drug-likeness (QED) is 0.290. The molecule has 0 saturated heterocycles. The minimum absolute atomic E-state index is 0.0745. The molecule has 7 heteroatoms. The van der Waals surface area contributed by atoms with E-state index in [1.54, 1.807) is 20.3 Å². The summed E-state index contributed by atoms with van der Waals surface area (Å²) in [6.07, 6.45) is 0.207. The van der Waals surface area contributed by atoms with Gasteiger partial charge >= 0.3 is 0 Å². The molecule has 0 aliphatic carbocycles. The summed E-state index contributed by atoms with van der Waals surface area (Å²) in [6, 6.07) is 24.1. The van der Waals surface area contributed by atoms with Gasteiger partial charge in [-0.05, 0) is 52.7 Å². The van der Waals surface area contributed by atoms with Crippen LogP contribution in [0.2, 0.25) is 10.0 Å². The van der Waals surface area contributed by atoms with Crippen molar-refractivity contribution >= 4 is 39.7 Å². The zero-order valence-electron chi connectivity index (χ0n) is 19.2. The molecule has 176 valence electrons. The molecule has 0 radical (unpaired) electrons. The SMILES string of the molecule is COc1ccc([C@@H]2Oc3c(Cl)cc(Cl)cc3[C@@H]3CC(c4ccc5ccccc5c4)=NN32)cc1OC. The maximum absolute atomic E-state index is 6.61. The maximum Gasteiger partial charge on any atom is 0.214 e. The Morgan fingerprint density at radius 1 is 0.886 bits per heavy atom. The number of ether oxygens (including phenoxy) is 3. The number of rotatable bonds is 4. The second-order valence-electron chi connectivity index (χ2n) is 8.60. The molecule has 6 rings (SSSR count). The van der Waals surface area contributed by atoms with Crippen molar-refractivity contribution in [3.63, 3.8) is 0 Å². The van der Waals surface area contributed by atoms with E-state index in [1.165, 1.54) is 10.8 Å². The molecule has 4 aromatic rings. The first-order valence-electron chi connectivity index (χ1n) is 11.3. The Hall–Kier alpha value is -3.41. The number of nitrogens with zero attached hydrogens (tertiary/aromatic N) is 2. The lowest BCUT2D eigenvalue weighted by atomic mass is 9.95. The Kier molecular flexibility index (Phi) is 5.47. The third-order valence-electron chi connectivity index (χ3n) is 6.58. The van der Waals surface area contributed by atoms with Gasteiger partial charge in [-0.3, -0.25) is 0 Å². The number of hydrogen-bond acceptors (Lipinski definition) is 5. The first-order chi connectivity index (χ1) is 17.1. The molecule has 2 aliphatic rings. The molecule has 2 heterocycles. The van der Waals surface area contributed by atoms with E-state index in [1.807, 2.05) is 41.4 Å². The molecule has 0 spiro atoms. The van der Waals surface area contributed by atoms with Gasteiger partial charge in [-0.1, -0.05) is 59.6 Å². The fraction of sp³-hybridized carbons (Fsp3) is 0.179. The molecule has 0 bridgehead atoms. The van der Waals surface area contributed by atoms with Gasteiger partial charge in [0, 0.05) is 22.6 Å². The fourth-order valence-corrected chi connectivity index (χ4v) is 5.44. The zero-order chi connectivity index (χ0) is 24.1. The van der Waals surface area contributed by atoms with Gasteiger partial charge < -0.3 is 14.2 Å². The van der Waals surface area contributed by atoms with Gasteiger partial charge in [-0.2, -0.15) is 5.10 Å². The normalized spacial score (nSPS) is 18.5. The average Bonchev–Trinajstić information content (AvgIpc) is 3.33. The first-order valence-corrected chi connectivity index (χ1v) is 12.0. The lowest BCUT2D eigenvalue weighted by molar-refractivity contribution is -0.0190. The third-order valence-corrected chi connectivity index (χ3v) is 7.08. The van der Waals surface area contributed by atoms with E-state index in [4.69, 9.17) is 42.5 Å². The summed E-state index contributed by atoms with van der Waals surface area (Å²) in [6.45, 7) is 0. The Bertz CT molecular complexity index is 1490. The Labute approximate surface area is 213 Å². The Morgan fingerprint density at radius 2 is 1.69 bits per heavy atom. The van der Waals surface area contributed by atoms with Crippen LogP contribution in [0.3, 0.4) is 0 Å². The molecule has 5 nitrogen and oxygen atoms in total. The molecule has 2 atom stereocenters. The number of hydrazone groups is 1. The van der Waals surface area contributed by atoms with Gasteiger partial charge in [0.1, 0.15) is 5.75 Å². The van der Waals surface area contributed by atoms with Crippen LogP contribution >= 0.6 is 23.2 Å². The standard InChI is InChI=1S/C28H22Cl2N2O3/c1-33-25-10-9-19(12-26(25)34-2)28-32-24(21-13-20(29)14-22(30)27(21)35-28)15-23(31-32)18-8-7-16-5-3-4-6-17(16)11-18/h3-14,24,28H,15H2,1-2H3/t24-,28-/m0/s1. The van der Waals surface area contributed by atoms with E-state index in [0.29, 0.717) is 33.7 Å². The molecular formula is C28H22Cl2N2O3. The van der Waals surface area contributed by atoms with E-state index in [9.17, 15) is 0 Å². The minimum Gasteiger partial charge on any atom is -0.493 e. The molecule has 35 heavy (non-hydrogen) atoms. The second kappa shape index (κ2) is 8.67. The van der Waals surface area contributed by atoms with Crippen LogP contribution in [-0.2, 0) is 0 Å². The lowest BCUT2D eigenvalue weighted by Gasteiger charge is -2.38. The van der Waals surface area contributed by atoms with E-state index >= 15 is 0 Å². The van der Waals surface area contributed by atoms with Crippen LogP contribution in [0.15, 0.2) is 77.9 Å². The molecule has 0 aromatic heterocycles. The third kappa shape index (κ3) is 3.76. The van der Waals surface area contributed by atoms with Crippen LogP contribution in [-0.4, -0.2) is 24.9 Å². The Morgan fingerprint density at radius 3 is 2.49 bits per heavy atom. The summed E-state index contributed by atoms with van der Waals surface area (Å²) in [5.41, 5.74) is 3.88. The summed E-state index contributed by atoms with van der Waals surface area (Å²) >= 11 is 13.0. The smallest absolute Gasteiger partial charge is 0.214 e. The van der Waals surface area contributed by atoms with Crippen LogP contribution in [0.4, 0.5) is 0 Å². The summed E-state index contributed by atoms with van der Waals surface area (Å²) < 4.78 is 17.4. The number of fused-ring (bicyclic) bond motifs is 4. The molecule has 2 aliphatic heterocycles. The van der Waals surface area contributed by atoms with Gasteiger partial charge in [0.2, 0.25) is 6.23 Å². The van der Waals surface area contributed by atoms with Crippen molar-refractivity contribution in [3.8, 4) is 17.2 Å². The molecule has 4 aromatic carbocycles. The van der Waals surface area contributed by atoms with E-state index in [0.717, 1.165) is 22.4 Å². The highest BCUT2D eigenvalue weighted by Gasteiger charge is 2.42. The first kappa shape index (κ1) is 22.1. The largest absolute Gasteiger partial charge is 0.493 e. The predicted octanol–water partition coefficient (Wildman–Crippen LogP) is 7.41. The maximum atomic E-state index is 6.61. The van der Waals surface area contributed by atoms with E-state index < -0.39 is 6.23 Å². The fourth-order valence-electron chi connectivity index (χ4n) is 4.88. The Balaban J connectivity index is 1.47. The van der Waals surface area contributed by atoms with Crippen molar-refractivity contribution in [1.29, 1.82) is 0 Å². The van der Waals surface area contributed by atoms with Crippen molar-refractivity contribution in [2.75, 3.05) is 14.2 Å². The van der Waals surface area contributed by atoms with Crippen molar-refractivity contribution in [2.45, 2.75) is 18.7 Å². The zero-order valence-corrected chi connectivity index (χ0v) is 20.7. The van der Waals surface area contributed by atoms with Crippen molar-refractivity contribution in [1.82, 2.24) is 5.01 Å². The predicted molar refractivity (Wildman–Crippen MR) is 139 cm³/mol. The highest BCUT2D eigenvalue weighted by atomic mass is 35.5. The monoisotopic (exact) mass is 504 g/mol. The van der Waals surface area contributed by atoms with Gasteiger partial charge in [-0.25, -0.2) is 5.01 Å². The number of benzene rings is 4. The number of halogens is 2. The summed E-state index contributed by atoms with van der Waals surface area (Å²) in [5, 5.41) is 10.5. The van der Waals surface area contributed by atoms with Crippen LogP contribution < -0.4 is 14.2 Å². The van der Waals surface area contributed by atoms with Crippen molar-refractivity contribution in [3.05, 3.63) is 99.5 Å². The van der Waals surface area contributed by atoms with Crippen molar-refractivity contribution < 1.29 is 14.2 Å². The number of methoxy groups -OCH3 is 2. The molecule has 0 unspecified atom stereocenters. The second-order valence-corrected chi connectivity index (χ2v) is 9.44. The molecule has 0 fully saturated rings. The molecule has 0 N–H and O–H groups in total. The topological polar surface area (TPSA) is 43.3 Å².